The molecule has 1 aliphatic heterocycles. The highest BCUT2D eigenvalue weighted by molar-refractivity contribution is 5.07. The molecule has 1 heterocycles. The van der Waals surface area contributed by atoms with Crippen LogP contribution in [-0.2, 0) is 4.74 Å². The van der Waals surface area contributed by atoms with Gasteiger partial charge in [0.2, 0.25) is 0 Å². The molecule has 0 saturated carbocycles. The maximum Gasteiger partial charge on any atom is 0.120 e. The minimum Gasteiger partial charge on any atom is -0.387 e. The number of epoxide rings is 1. The standard InChI is InChI=1S/C7H14O2/c1-5-7(4,9-5)6(2,3)8/h5,8H,1-4H3. The average molecular weight is 130 g/mol. The van der Waals surface area contributed by atoms with E-state index in [0.717, 1.165) is 0 Å². The lowest BCUT2D eigenvalue weighted by Gasteiger charge is -2.22. The Kier molecular flexibility index (Phi) is 1.17. The van der Waals surface area contributed by atoms with E-state index in [1.807, 2.05) is 13.8 Å². The number of ether oxygens (including phenoxy) is 1. The lowest BCUT2D eigenvalue weighted by Crippen LogP contribution is -2.38. The van der Waals surface area contributed by atoms with E-state index in [2.05, 4.69) is 0 Å². The van der Waals surface area contributed by atoms with Crippen LogP contribution in [0.25, 0.3) is 0 Å². The van der Waals surface area contributed by atoms with Gasteiger partial charge in [-0.15, -0.1) is 0 Å². The maximum absolute atomic E-state index is 9.46. The summed E-state index contributed by atoms with van der Waals surface area (Å²) in [7, 11) is 0. The van der Waals surface area contributed by atoms with Gasteiger partial charge in [0.05, 0.1) is 11.7 Å². The molecule has 54 valence electrons. The monoisotopic (exact) mass is 130 g/mol. The zero-order chi connectivity index (χ0) is 7.28. The summed E-state index contributed by atoms with van der Waals surface area (Å²) in [6.45, 7) is 7.45. The number of rotatable bonds is 1. The van der Waals surface area contributed by atoms with Gasteiger partial charge >= 0.3 is 0 Å². The summed E-state index contributed by atoms with van der Waals surface area (Å²) < 4.78 is 5.22. The third kappa shape index (κ3) is 0.864. The van der Waals surface area contributed by atoms with E-state index < -0.39 is 5.60 Å². The molecule has 1 N–H and O–H groups in total. The Labute approximate surface area is 55.8 Å². The predicted octanol–water partition coefficient (Wildman–Crippen LogP) is 0.935. The van der Waals surface area contributed by atoms with E-state index in [9.17, 15) is 5.11 Å². The smallest absolute Gasteiger partial charge is 0.120 e. The summed E-state index contributed by atoms with van der Waals surface area (Å²) in [6, 6.07) is 0. The molecule has 2 unspecified atom stereocenters. The third-order valence-electron chi connectivity index (χ3n) is 2.35. The fourth-order valence-corrected chi connectivity index (χ4v) is 0.975. The minimum absolute atomic E-state index is 0.206. The first kappa shape index (κ1) is 7.03. The SMILES string of the molecule is CC1OC1(C)C(C)(C)O. The van der Waals surface area contributed by atoms with Gasteiger partial charge < -0.3 is 9.84 Å². The summed E-state index contributed by atoms with van der Waals surface area (Å²) in [5.41, 5.74) is -1.00. The van der Waals surface area contributed by atoms with Crippen molar-refractivity contribution in [2.45, 2.75) is 45.0 Å². The van der Waals surface area contributed by atoms with Gasteiger partial charge in [-0.3, -0.25) is 0 Å². The molecule has 1 rings (SSSR count). The summed E-state index contributed by atoms with van der Waals surface area (Å²) >= 11 is 0. The molecule has 1 fully saturated rings. The number of aliphatic hydroxyl groups is 1. The van der Waals surface area contributed by atoms with Crippen molar-refractivity contribution in [3.05, 3.63) is 0 Å². The molecule has 2 heteroatoms. The van der Waals surface area contributed by atoms with Crippen molar-refractivity contribution in [3.8, 4) is 0 Å². The molecule has 0 radical (unpaired) electrons. The molecule has 0 aliphatic carbocycles. The van der Waals surface area contributed by atoms with Crippen LogP contribution in [0.2, 0.25) is 0 Å². The van der Waals surface area contributed by atoms with E-state index in [0.29, 0.717) is 0 Å². The van der Waals surface area contributed by atoms with Crippen LogP contribution in [0.5, 0.6) is 0 Å². The molecule has 0 spiro atoms. The van der Waals surface area contributed by atoms with E-state index in [4.69, 9.17) is 4.74 Å². The molecule has 0 aromatic carbocycles. The molecule has 9 heavy (non-hydrogen) atoms. The second kappa shape index (κ2) is 1.50. The Morgan fingerprint density at radius 3 is 1.89 bits per heavy atom. The van der Waals surface area contributed by atoms with Crippen molar-refractivity contribution in [1.82, 2.24) is 0 Å². The molecule has 0 amide bonds. The van der Waals surface area contributed by atoms with E-state index in [-0.39, 0.29) is 11.7 Å². The quantitative estimate of drug-likeness (QED) is 0.536. The summed E-state index contributed by atoms with van der Waals surface area (Å²) in [4.78, 5) is 0. The summed E-state index contributed by atoms with van der Waals surface area (Å²) in [5.74, 6) is 0. The first-order chi connectivity index (χ1) is 3.88. The topological polar surface area (TPSA) is 32.8 Å². The summed E-state index contributed by atoms with van der Waals surface area (Å²) in [5, 5.41) is 9.46. The lowest BCUT2D eigenvalue weighted by atomic mass is 9.90. The summed E-state index contributed by atoms with van der Waals surface area (Å²) in [6.07, 6.45) is 0.206. The van der Waals surface area contributed by atoms with Crippen LogP contribution >= 0.6 is 0 Å². The highest BCUT2D eigenvalue weighted by Crippen LogP contribution is 2.44. The molecule has 0 aromatic heterocycles. The second-order valence-corrected chi connectivity index (χ2v) is 3.43. The first-order valence-electron chi connectivity index (χ1n) is 3.28. The van der Waals surface area contributed by atoms with Gasteiger partial charge in [0, 0.05) is 0 Å². The molecule has 1 saturated heterocycles. The Balaban J connectivity index is 2.64. The normalized spacial score (nSPS) is 43.0. The van der Waals surface area contributed by atoms with Crippen LogP contribution in [0, 0.1) is 0 Å². The zero-order valence-corrected chi connectivity index (χ0v) is 6.43. The average Bonchev–Trinajstić information content (AvgIpc) is 2.13. The van der Waals surface area contributed by atoms with Crippen molar-refractivity contribution in [3.63, 3.8) is 0 Å². The van der Waals surface area contributed by atoms with Crippen LogP contribution in [0.1, 0.15) is 27.7 Å². The first-order valence-corrected chi connectivity index (χ1v) is 3.28. The van der Waals surface area contributed by atoms with Crippen LogP contribution < -0.4 is 0 Å². The second-order valence-electron chi connectivity index (χ2n) is 3.43. The van der Waals surface area contributed by atoms with Gasteiger partial charge in [-0.2, -0.15) is 0 Å². The lowest BCUT2D eigenvalue weighted by molar-refractivity contribution is 0.00270. The van der Waals surface area contributed by atoms with Gasteiger partial charge in [0.25, 0.3) is 0 Å². The van der Waals surface area contributed by atoms with Crippen molar-refractivity contribution in [1.29, 1.82) is 0 Å². The third-order valence-corrected chi connectivity index (χ3v) is 2.35. The Hall–Kier alpha value is -0.0800. The molecule has 0 aromatic rings. The van der Waals surface area contributed by atoms with E-state index in [1.54, 1.807) is 13.8 Å². The van der Waals surface area contributed by atoms with Crippen LogP contribution in [0.3, 0.4) is 0 Å². The highest BCUT2D eigenvalue weighted by atomic mass is 16.6. The zero-order valence-electron chi connectivity index (χ0n) is 6.43. The van der Waals surface area contributed by atoms with Gasteiger partial charge in [-0.1, -0.05) is 0 Å². The van der Waals surface area contributed by atoms with Crippen LogP contribution in [-0.4, -0.2) is 22.4 Å². The molecule has 1 aliphatic rings. The van der Waals surface area contributed by atoms with Gasteiger partial charge in [-0.25, -0.2) is 0 Å². The number of hydrogen-bond donors (Lipinski definition) is 1. The van der Waals surface area contributed by atoms with Gasteiger partial charge in [0.1, 0.15) is 5.60 Å². The van der Waals surface area contributed by atoms with Crippen LogP contribution in [0.4, 0.5) is 0 Å². The molecular formula is C7H14O2. The van der Waals surface area contributed by atoms with Crippen molar-refractivity contribution in [2.24, 2.45) is 0 Å². The van der Waals surface area contributed by atoms with Crippen molar-refractivity contribution < 1.29 is 9.84 Å². The Bertz CT molecular complexity index is 125. The molecule has 2 nitrogen and oxygen atoms in total. The minimum atomic E-state index is -0.702. The molecular weight excluding hydrogens is 116 g/mol. The van der Waals surface area contributed by atoms with Gasteiger partial charge in [-0.05, 0) is 27.7 Å². The van der Waals surface area contributed by atoms with Gasteiger partial charge in [0.15, 0.2) is 0 Å². The Morgan fingerprint density at radius 2 is 1.89 bits per heavy atom. The van der Waals surface area contributed by atoms with Crippen molar-refractivity contribution in [2.75, 3.05) is 0 Å². The molecule has 0 bridgehead atoms. The largest absolute Gasteiger partial charge is 0.387 e. The van der Waals surface area contributed by atoms with E-state index >= 15 is 0 Å². The fourth-order valence-electron chi connectivity index (χ4n) is 0.975. The number of hydrogen-bond acceptors (Lipinski definition) is 2. The predicted molar refractivity (Wildman–Crippen MR) is 35.2 cm³/mol. The highest BCUT2D eigenvalue weighted by Gasteiger charge is 2.58. The Morgan fingerprint density at radius 1 is 1.56 bits per heavy atom. The van der Waals surface area contributed by atoms with Crippen molar-refractivity contribution >= 4 is 0 Å². The van der Waals surface area contributed by atoms with Crippen LogP contribution in [0.15, 0.2) is 0 Å². The maximum atomic E-state index is 9.46. The molecule has 2 atom stereocenters. The van der Waals surface area contributed by atoms with E-state index in [1.165, 1.54) is 0 Å². The fraction of sp³-hybridized carbons (Fsp3) is 1.00.